The number of piperazine rings is 1. The second-order valence-corrected chi connectivity index (χ2v) is 21.6. The van der Waals surface area contributed by atoms with Crippen LogP contribution in [0.2, 0.25) is 0 Å². The topological polar surface area (TPSA) is 273 Å². The molecule has 0 unspecified atom stereocenters. The maximum Gasteiger partial charge on any atom is 0.328 e. The fourth-order valence-corrected chi connectivity index (χ4v) is 9.24. The van der Waals surface area contributed by atoms with Crippen LogP contribution >= 0.6 is 0 Å². The van der Waals surface area contributed by atoms with Gasteiger partial charge in [-0.2, -0.15) is 5.26 Å². The van der Waals surface area contributed by atoms with E-state index in [2.05, 4.69) is 62.7 Å². The van der Waals surface area contributed by atoms with Gasteiger partial charge in [0.05, 0.1) is 55.8 Å². The predicted molar refractivity (Wildman–Crippen MR) is 300 cm³/mol. The average Bonchev–Trinajstić information content (AvgIpc) is 3.37. The number of carbonyl (C=O) groups excluding carboxylic acids is 6. The number of hydrogen-bond acceptors (Lipinski definition) is 18. The number of anilines is 2. The lowest BCUT2D eigenvalue weighted by Gasteiger charge is -2.39. The number of pyridine rings is 3. The van der Waals surface area contributed by atoms with E-state index in [0.29, 0.717) is 116 Å². The number of Topliss-reactive ketones (excluding diaryl/α,β-unsaturated/α-hetero) is 1. The molecule has 7 rings (SSSR count). The Bertz CT molecular complexity index is 3050. The summed E-state index contributed by atoms with van der Waals surface area (Å²) in [4.78, 5) is 106. The Labute approximate surface area is 472 Å². The summed E-state index contributed by atoms with van der Waals surface area (Å²) in [6, 6.07) is 18.0. The summed E-state index contributed by atoms with van der Waals surface area (Å²) in [5.74, 6) is -0.0642. The van der Waals surface area contributed by atoms with Crippen LogP contribution in [0.1, 0.15) is 122 Å². The number of ketones is 1. The molecule has 1 saturated heterocycles. The molecule has 3 N–H and O–H groups in total. The average molecular weight is 1110 g/mol. The molecule has 428 valence electrons. The number of nitrogens with one attached hydrogen (secondary N) is 3. The van der Waals surface area contributed by atoms with Crippen molar-refractivity contribution in [3.8, 4) is 29.0 Å². The van der Waals surface area contributed by atoms with Gasteiger partial charge in [0, 0.05) is 99.3 Å². The number of methoxy groups -OCH3 is 1. The van der Waals surface area contributed by atoms with Gasteiger partial charge in [-0.15, -0.1) is 0 Å². The van der Waals surface area contributed by atoms with Crippen LogP contribution in [0.15, 0.2) is 85.5 Å². The van der Waals surface area contributed by atoms with E-state index >= 15 is 0 Å². The first-order chi connectivity index (χ1) is 38.8. The number of ether oxygens (including phenoxy) is 4. The SMILES string of the molecule is COC(=O)[C@H](CCC(C)(C)C)NC(=O)c1ccc(Oc2cccc(C(=O)NCCOCCOCCCCCC(=O)NCC(=O)N3CCN(c4ncc(-c5ccc6c(n5)N(Cc5cccnc5C#N)C(C)(C)C6=O)cn4)C[C@H]3C)c2)nc1. The molecule has 0 spiro atoms. The maximum absolute atomic E-state index is 13.4. The zero-order chi connectivity index (χ0) is 58.1. The number of rotatable bonds is 26. The number of esters is 1. The zero-order valence-corrected chi connectivity index (χ0v) is 47.2. The third kappa shape index (κ3) is 16.6. The van der Waals surface area contributed by atoms with Crippen LogP contribution < -0.4 is 30.5 Å². The predicted octanol–water partition coefficient (Wildman–Crippen LogP) is 6.25. The van der Waals surface area contributed by atoms with E-state index in [1.807, 2.05) is 36.6 Å². The second-order valence-electron chi connectivity index (χ2n) is 21.6. The number of benzene rings is 1. The normalized spacial score (nSPS) is 15.1. The van der Waals surface area contributed by atoms with Gasteiger partial charge >= 0.3 is 5.97 Å². The summed E-state index contributed by atoms with van der Waals surface area (Å²) >= 11 is 0. The highest BCUT2D eigenvalue weighted by Gasteiger charge is 2.45. The van der Waals surface area contributed by atoms with Gasteiger partial charge in [-0.3, -0.25) is 24.0 Å². The quantitative estimate of drug-likeness (QED) is 0.0408. The number of nitrogens with zero attached hydrogens (tertiary/aromatic N) is 9. The number of unbranched alkanes of at least 4 members (excludes halogenated alkanes) is 2. The first-order valence-corrected chi connectivity index (χ1v) is 27.2. The third-order valence-corrected chi connectivity index (χ3v) is 13.9. The van der Waals surface area contributed by atoms with Gasteiger partial charge in [-0.1, -0.05) is 39.3 Å². The van der Waals surface area contributed by atoms with E-state index < -0.39 is 23.5 Å². The summed E-state index contributed by atoms with van der Waals surface area (Å²) in [6.07, 6.45) is 9.95. The molecule has 1 aromatic carbocycles. The Balaban J connectivity index is 0.718. The third-order valence-electron chi connectivity index (χ3n) is 13.9. The van der Waals surface area contributed by atoms with Gasteiger partial charge in [0.25, 0.3) is 11.8 Å². The summed E-state index contributed by atoms with van der Waals surface area (Å²) in [5, 5.41) is 18.0. The molecule has 22 nitrogen and oxygen atoms in total. The van der Waals surface area contributed by atoms with E-state index in [9.17, 15) is 34.0 Å². The molecule has 5 aromatic rings. The fraction of sp³-hybridized carbons (Fsp3) is 0.458. The highest BCUT2D eigenvalue weighted by molar-refractivity contribution is 6.13. The first-order valence-electron chi connectivity index (χ1n) is 27.2. The number of fused-ring (bicyclic) bond motifs is 1. The van der Waals surface area contributed by atoms with Crippen molar-refractivity contribution in [3.63, 3.8) is 0 Å². The minimum absolute atomic E-state index is 0.0266. The molecule has 0 radical (unpaired) electrons. The van der Waals surface area contributed by atoms with Gasteiger partial charge in [0.2, 0.25) is 23.6 Å². The highest BCUT2D eigenvalue weighted by Crippen LogP contribution is 2.40. The summed E-state index contributed by atoms with van der Waals surface area (Å²) in [7, 11) is 1.29. The van der Waals surface area contributed by atoms with E-state index in [0.717, 1.165) is 12.8 Å². The minimum Gasteiger partial charge on any atom is -0.467 e. The molecule has 4 amide bonds. The molecule has 2 aliphatic rings. The molecular formula is C59H72N12O10. The Morgan fingerprint density at radius 2 is 1.63 bits per heavy atom. The van der Waals surface area contributed by atoms with Crippen molar-refractivity contribution >= 4 is 47.1 Å². The van der Waals surface area contributed by atoms with Crippen molar-refractivity contribution in [2.75, 3.05) is 76.1 Å². The number of amides is 4. The number of nitriles is 1. The highest BCUT2D eigenvalue weighted by atomic mass is 16.5. The number of aromatic nitrogens is 5. The van der Waals surface area contributed by atoms with Crippen molar-refractivity contribution in [2.45, 2.75) is 104 Å². The lowest BCUT2D eigenvalue weighted by Crippen LogP contribution is -2.56. The smallest absolute Gasteiger partial charge is 0.328 e. The Morgan fingerprint density at radius 3 is 2.35 bits per heavy atom. The Morgan fingerprint density at radius 1 is 0.852 bits per heavy atom. The Kier molecular flexibility index (Phi) is 20.9. The van der Waals surface area contributed by atoms with Gasteiger partial charge in [-0.25, -0.2) is 29.7 Å². The van der Waals surface area contributed by atoms with Crippen LogP contribution in [0.3, 0.4) is 0 Å². The second kappa shape index (κ2) is 28.1. The van der Waals surface area contributed by atoms with Crippen LogP contribution in [0.25, 0.3) is 11.3 Å². The van der Waals surface area contributed by atoms with Crippen molar-refractivity contribution in [3.05, 3.63) is 113 Å². The lowest BCUT2D eigenvalue weighted by atomic mass is 9.88. The standard InChI is InChI=1S/C59H72N12O10/c1-39-37-69(57-65-34-43(35-66-57)46-19-18-45-52(74)59(5,6)71(53(45)67-46)38-42-14-12-23-61-48(42)32-60)25-26-70(39)51(73)36-63-49(72)16-9-8-10-27-79-29-30-80-28-24-62-54(75)40-13-11-15-44(31-40)81-50-20-17-41(33-64-50)55(76)68-47(56(77)78-7)21-22-58(2,3)4/h11-15,17-20,23,31,33-35,39,47H,8-10,16,21-22,24-30,36-38H2,1-7H3,(H,62,75)(H,63,72)(H,68,76)/t39-,47+/m1/s1. The fourth-order valence-electron chi connectivity index (χ4n) is 9.24. The maximum atomic E-state index is 13.4. The molecule has 1 fully saturated rings. The van der Waals surface area contributed by atoms with Gasteiger partial charge in [0.15, 0.2) is 5.78 Å². The van der Waals surface area contributed by atoms with Crippen molar-refractivity contribution in [1.82, 2.24) is 45.8 Å². The van der Waals surface area contributed by atoms with Crippen molar-refractivity contribution < 1.29 is 47.7 Å². The van der Waals surface area contributed by atoms with Crippen LogP contribution in [-0.2, 0) is 35.1 Å². The van der Waals surface area contributed by atoms with Crippen LogP contribution in [0.5, 0.6) is 11.6 Å². The summed E-state index contributed by atoms with van der Waals surface area (Å²) < 4.78 is 22.0. The molecule has 81 heavy (non-hydrogen) atoms. The molecule has 0 aliphatic carbocycles. The monoisotopic (exact) mass is 1110 g/mol. The molecule has 2 aliphatic heterocycles. The molecule has 2 atom stereocenters. The van der Waals surface area contributed by atoms with Crippen LogP contribution in [0.4, 0.5) is 11.8 Å². The minimum atomic E-state index is -0.886. The van der Waals surface area contributed by atoms with E-state index in [-0.39, 0.29) is 72.6 Å². The van der Waals surface area contributed by atoms with Crippen molar-refractivity contribution in [1.29, 1.82) is 5.26 Å². The largest absolute Gasteiger partial charge is 0.467 e. The molecule has 6 heterocycles. The molecule has 4 aromatic heterocycles. The molecule has 22 heteroatoms. The van der Waals surface area contributed by atoms with Gasteiger partial charge < -0.3 is 49.6 Å². The van der Waals surface area contributed by atoms with Gasteiger partial charge in [0.1, 0.15) is 29.4 Å². The molecular weight excluding hydrogens is 1040 g/mol. The first kappa shape index (κ1) is 60.2. The van der Waals surface area contributed by atoms with E-state index in [1.165, 1.54) is 25.4 Å². The van der Waals surface area contributed by atoms with Crippen LogP contribution in [0, 0.1) is 16.7 Å². The zero-order valence-electron chi connectivity index (χ0n) is 47.2. The lowest BCUT2D eigenvalue weighted by molar-refractivity contribution is -0.143. The number of carbonyl (C=O) groups is 6. The number of hydrogen-bond donors (Lipinski definition) is 3. The van der Waals surface area contributed by atoms with Crippen LogP contribution in [-0.4, -0.2) is 149 Å². The van der Waals surface area contributed by atoms with Gasteiger partial charge in [-0.05, 0) is 94.3 Å². The molecule has 0 bridgehead atoms. The van der Waals surface area contributed by atoms with Crippen molar-refractivity contribution in [2.24, 2.45) is 5.41 Å². The molecule has 0 saturated carbocycles. The van der Waals surface area contributed by atoms with E-state index in [4.69, 9.17) is 23.9 Å². The Hall–Kier alpha value is -8.42. The summed E-state index contributed by atoms with van der Waals surface area (Å²) in [5.41, 5.74) is 2.48. The summed E-state index contributed by atoms with van der Waals surface area (Å²) in [6.45, 7) is 15.3. The van der Waals surface area contributed by atoms with E-state index in [1.54, 1.807) is 66.0 Å².